The third kappa shape index (κ3) is 4.15. The number of ether oxygens (including phenoxy) is 2. The highest BCUT2D eigenvalue weighted by Crippen LogP contribution is 2.26. The van der Waals surface area contributed by atoms with Gasteiger partial charge in [-0.05, 0) is 18.6 Å². The molecule has 0 aliphatic carbocycles. The van der Waals surface area contributed by atoms with Crippen molar-refractivity contribution in [3.05, 3.63) is 36.3 Å². The number of nitriles is 2. The number of imidazole rings is 1. The van der Waals surface area contributed by atoms with Crippen molar-refractivity contribution in [3.63, 3.8) is 0 Å². The summed E-state index contributed by atoms with van der Waals surface area (Å²) in [6, 6.07) is 7.43. The number of aromatic nitrogens is 2. The Morgan fingerprint density at radius 1 is 1.34 bits per heavy atom. The van der Waals surface area contributed by atoms with Gasteiger partial charge in [-0.25, -0.2) is 4.98 Å². The molecule has 0 bridgehead atoms. The van der Waals surface area contributed by atoms with Crippen LogP contribution in [-0.4, -0.2) is 52.8 Å². The van der Waals surface area contributed by atoms with E-state index in [0.717, 1.165) is 12.1 Å². The van der Waals surface area contributed by atoms with Gasteiger partial charge in [0.25, 0.3) is 0 Å². The topological polar surface area (TPSA) is 116 Å². The van der Waals surface area contributed by atoms with Crippen LogP contribution in [0.2, 0.25) is 0 Å². The fourth-order valence-corrected chi connectivity index (χ4v) is 3.47. The summed E-state index contributed by atoms with van der Waals surface area (Å²) in [5.41, 5.74) is 1.22. The zero-order chi connectivity index (χ0) is 20.2. The van der Waals surface area contributed by atoms with Crippen molar-refractivity contribution in [2.45, 2.75) is 18.9 Å². The van der Waals surface area contributed by atoms with E-state index in [2.05, 4.69) is 22.6 Å². The summed E-state index contributed by atoms with van der Waals surface area (Å²) in [5, 5.41) is 21.1. The molecule has 1 N–H and O–H groups in total. The maximum atomic E-state index is 12.4. The molecule has 0 saturated carbocycles. The van der Waals surface area contributed by atoms with Gasteiger partial charge in [0.15, 0.2) is 12.0 Å². The lowest BCUT2D eigenvalue weighted by Crippen LogP contribution is -2.25. The van der Waals surface area contributed by atoms with Gasteiger partial charge in [-0.1, -0.05) is 0 Å². The Morgan fingerprint density at radius 3 is 2.97 bits per heavy atom. The summed E-state index contributed by atoms with van der Waals surface area (Å²) in [6.07, 6.45) is 6.76. The summed E-state index contributed by atoms with van der Waals surface area (Å²) in [7, 11) is 0. The molecule has 2 aromatic rings. The van der Waals surface area contributed by atoms with Crippen molar-refractivity contribution < 1.29 is 14.3 Å². The molecule has 2 saturated heterocycles. The van der Waals surface area contributed by atoms with Gasteiger partial charge in [0.05, 0.1) is 36.6 Å². The third-order valence-corrected chi connectivity index (χ3v) is 5.10. The van der Waals surface area contributed by atoms with Crippen molar-refractivity contribution in [3.8, 4) is 23.7 Å². The van der Waals surface area contributed by atoms with Crippen LogP contribution in [0.4, 0.5) is 5.82 Å². The Hall–Kier alpha value is -3.56. The number of nitrogens with one attached hydrogen (secondary N) is 1. The van der Waals surface area contributed by atoms with Crippen molar-refractivity contribution in [1.29, 1.82) is 10.5 Å². The molecule has 1 unspecified atom stereocenters. The Kier molecular flexibility index (Phi) is 5.32. The quantitative estimate of drug-likeness (QED) is 0.769. The second kappa shape index (κ2) is 8.21. The van der Waals surface area contributed by atoms with Crippen LogP contribution >= 0.6 is 0 Å². The average molecular weight is 392 g/mol. The molecule has 3 heterocycles. The van der Waals surface area contributed by atoms with Gasteiger partial charge in [-0.2, -0.15) is 10.5 Å². The smallest absolute Gasteiger partial charge is 0.230 e. The molecule has 1 aromatic carbocycles. The molecule has 148 valence electrons. The third-order valence-electron chi connectivity index (χ3n) is 5.10. The molecule has 2 aliphatic heterocycles. The average Bonchev–Trinajstić information content (AvgIpc) is 3.49. The molecule has 4 rings (SSSR count). The molecule has 9 heteroatoms. The fraction of sp³-hybridized carbons (Fsp3) is 0.400. The minimum atomic E-state index is -0.219. The molecule has 29 heavy (non-hydrogen) atoms. The molecule has 2 fully saturated rings. The largest absolute Gasteiger partial charge is 0.486 e. The minimum Gasteiger partial charge on any atom is -0.486 e. The normalized spacial score (nSPS) is 20.8. The minimum absolute atomic E-state index is 0.0608. The Bertz CT molecular complexity index is 983. The zero-order valence-corrected chi connectivity index (χ0v) is 15.7. The van der Waals surface area contributed by atoms with Crippen molar-refractivity contribution >= 4 is 11.7 Å². The molecular weight excluding hydrogens is 372 g/mol. The van der Waals surface area contributed by atoms with E-state index in [1.54, 1.807) is 40.2 Å². The van der Waals surface area contributed by atoms with Crippen LogP contribution < -0.4 is 10.1 Å². The highest BCUT2D eigenvalue weighted by atomic mass is 16.5. The van der Waals surface area contributed by atoms with E-state index in [9.17, 15) is 10.1 Å². The van der Waals surface area contributed by atoms with E-state index in [-0.39, 0.29) is 17.9 Å². The summed E-state index contributed by atoms with van der Waals surface area (Å²) in [5.74, 6) is 0.574. The highest BCUT2D eigenvalue weighted by Gasteiger charge is 2.28. The van der Waals surface area contributed by atoms with Crippen molar-refractivity contribution in [2.24, 2.45) is 5.92 Å². The van der Waals surface area contributed by atoms with Gasteiger partial charge in [-0.3, -0.25) is 4.79 Å². The van der Waals surface area contributed by atoms with E-state index in [1.165, 1.54) is 0 Å². The van der Waals surface area contributed by atoms with Gasteiger partial charge in [0.2, 0.25) is 5.91 Å². The van der Waals surface area contributed by atoms with Crippen LogP contribution in [0.5, 0.6) is 5.75 Å². The number of benzene rings is 1. The van der Waals surface area contributed by atoms with Crippen molar-refractivity contribution in [1.82, 2.24) is 14.5 Å². The van der Waals surface area contributed by atoms with E-state index in [4.69, 9.17) is 14.7 Å². The number of carbonyl (C=O) groups is 1. The number of hydrogen-bond acceptors (Lipinski definition) is 7. The first kappa shape index (κ1) is 18.8. The number of likely N-dealkylation sites (tertiary alicyclic amines) is 1. The monoisotopic (exact) mass is 392 g/mol. The Morgan fingerprint density at radius 2 is 2.24 bits per heavy atom. The van der Waals surface area contributed by atoms with Gasteiger partial charge in [0.1, 0.15) is 24.3 Å². The first-order valence-corrected chi connectivity index (χ1v) is 9.44. The van der Waals surface area contributed by atoms with Crippen LogP contribution in [0, 0.1) is 28.7 Å². The van der Waals surface area contributed by atoms with Gasteiger partial charge >= 0.3 is 0 Å². The molecule has 1 amide bonds. The fourth-order valence-electron chi connectivity index (χ4n) is 3.47. The first-order valence-electron chi connectivity index (χ1n) is 9.44. The molecule has 0 spiro atoms. The molecule has 2 aliphatic rings. The maximum absolute atomic E-state index is 12.4. The SMILES string of the molecule is N#Cc1ccc(-n2cnc(NC(=O)C3CCN(C#N)C3)c2)cc1O[C@H]1CCOC1. The predicted octanol–water partition coefficient (Wildman–Crippen LogP) is 1.65. The van der Waals surface area contributed by atoms with Crippen LogP contribution in [0.15, 0.2) is 30.7 Å². The highest BCUT2D eigenvalue weighted by molar-refractivity contribution is 5.92. The summed E-state index contributed by atoms with van der Waals surface area (Å²) >= 11 is 0. The van der Waals surface area contributed by atoms with E-state index in [0.29, 0.717) is 49.9 Å². The summed E-state index contributed by atoms with van der Waals surface area (Å²) in [6.45, 7) is 2.21. The van der Waals surface area contributed by atoms with E-state index < -0.39 is 0 Å². The van der Waals surface area contributed by atoms with Crippen LogP contribution in [-0.2, 0) is 9.53 Å². The van der Waals surface area contributed by atoms with Crippen molar-refractivity contribution in [2.75, 3.05) is 31.6 Å². The first-order chi connectivity index (χ1) is 14.2. The lowest BCUT2D eigenvalue weighted by atomic mass is 10.1. The lowest BCUT2D eigenvalue weighted by Gasteiger charge is -2.14. The number of nitrogens with zero attached hydrogens (tertiary/aromatic N) is 5. The number of rotatable bonds is 5. The maximum Gasteiger partial charge on any atom is 0.230 e. The molecular formula is C20H20N6O3. The molecule has 9 nitrogen and oxygen atoms in total. The van der Waals surface area contributed by atoms with Crippen LogP contribution in [0.3, 0.4) is 0 Å². The standard InChI is InChI=1S/C20H20N6O3/c21-8-14-1-2-16(7-18(14)29-17-4-6-28-11-17)26-10-19(23-13-26)24-20(27)15-3-5-25(9-15)12-22/h1-2,7,10,13,15,17H,3-6,9,11H2,(H,24,27)/t15?,17-/m0/s1. The zero-order valence-electron chi connectivity index (χ0n) is 15.7. The summed E-state index contributed by atoms with van der Waals surface area (Å²) in [4.78, 5) is 18.2. The molecule has 1 aromatic heterocycles. The van der Waals surface area contributed by atoms with Crippen LogP contribution in [0.1, 0.15) is 18.4 Å². The molecule has 2 atom stereocenters. The lowest BCUT2D eigenvalue weighted by molar-refractivity contribution is -0.119. The second-order valence-electron chi connectivity index (χ2n) is 7.08. The van der Waals surface area contributed by atoms with E-state index in [1.807, 2.05) is 0 Å². The van der Waals surface area contributed by atoms with E-state index >= 15 is 0 Å². The number of anilines is 1. The van der Waals surface area contributed by atoms with Crippen LogP contribution in [0.25, 0.3) is 5.69 Å². The Balaban J connectivity index is 1.47. The summed E-state index contributed by atoms with van der Waals surface area (Å²) < 4.78 is 13.0. The predicted molar refractivity (Wildman–Crippen MR) is 102 cm³/mol. The van der Waals surface area contributed by atoms with Gasteiger partial charge in [-0.15, -0.1) is 0 Å². The van der Waals surface area contributed by atoms with Gasteiger partial charge in [0, 0.05) is 25.6 Å². The van der Waals surface area contributed by atoms with Gasteiger partial charge < -0.3 is 24.3 Å². The number of hydrogen-bond donors (Lipinski definition) is 1. The number of amides is 1. The Labute approximate surface area is 168 Å². The second-order valence-corrected chi connectivity index (χ2v) is 7.08. The number of carbonyl (C=O) groups excluding carboxylic acids is 1. The molecule has 0 radical (unpaired) electrons.